The fourth-order valence-corrected chi connectivity index (χ4v) is 2.44. The fourth-order valence-electron chi connectivity index (χ4n) is 2.16. The molecule has 0 bridgehead atoms. The van der Waals surface area contributed by atoms with E-state index in [1.807, 2.05) is 11.8 Å². The predicted molar refractivity (Wildman–Crippen MR) is 69.9 cm³/mol. The first-order valence-corrected chi connectivity index (χ1v) is 6.17. The normalized spacial score (nSPS) is 21.1. The third-order valence-corrected chi connectivity index (χ3v) is 3.56. The molecule has 1 saturated heterocycles. The molecule has 0 aliphatic carbocycles. The fraction of sp³-hybridized carbons (Fsp3) is 0.545. The number of nitro groups is 1. The highest BCUT2D eigenvalue weighted by molar-refractivity contribution is 6.33. The van der Waals surface area contributed by atoms with Crippen LogP contribution in [0.5, 0.6) is 0 Å². The number of anilines is 1. The van der Waals surface area contributed by atoms with Gasteiger partial charge in [-0.05, 0) is 19.3 Å². The lowest BCUT2D eigenvalue weighted by Gasteiger charge is -2.19. The van der Waals surface area contributed by atoms with Crippen LogP contribution in [0, 0.1) is 16.0 Å². The van der Waals surface area contributed by atoms with Crippen LogP contribution in [0.1, 0.15) is 13.3 Å². The highest BCUT2D eigenvalue weighted by Crippen LogP contribution is 2.31. The first-order chi connectivity index (χ1) is 8.49. The Morgan fingerprint density at radius 3 is 2.94 bits per heavy atom. The van der Waals surface area contributed by atoms with E-state index in [4.69, 9.17) is 17.3 Å². The van der Waals surface area contributed by atoms with E-state index in [1.54, 1.807) is 0 Å². The van der Waals surface area contributed by atoms with Crippen LogP contribution < -0.4 is 10.6 Å². The zero-order chi connectivity index (χ0) is 13.3. The van der Waals surface area contributed by atoms with Gasteiger partial charge >= 0.3 is 0 Å². The molecule has 18 heavy (non-hydrogen) atoms. The van der Waals surface area contributed by atoms with Crippen molar-refractivity contribution in [3.63, 3.8) is 0 Å². The van der Waals surface area contributed by atoms with Gasteiger partial charge in [0.05, 0.1) is 9.95 Å². The third kappa shape index (κ3) is 2.54. The minimum atomic E-state index is -0.503. The Morgan fingerprint density at radius 2 is 2.44 bits per heavy atom. The van der Waals surface area contributed by atoms with E-state index in [1.165, 1.54) is 12.3 Å². The van der Waals surface area contributed by atoms with Crippen molar-refractivity contribution in [2.45, 2.75) is 19.4 Å². The van der Waals surface area contributed by atoms with Crippen LogP contribution >= 0.6 is 11.6 Å². The Labute approximate surface area is 110 Å². The van der Waals surface area contributed by atoms with E-state index in [-0.39, 0.29) is 11.7 Å². The third-order valence-electron chi connectivity index (χ3n) is 3.29. The van der Waals surface area contributed by atoms with Gasteiger partial charge in [0.2, 0.25) is 0 Å². The monoisotopic (exact) mass is 270 g/mol. The van der Waals surface area contributed by atoms with Crippen molar-refractivity contribution in [1.82, 2.24) is 4.98 Å². The maximum Gasteiger partial charge on any atom is 0.289 e. The first kappa shape index (κ1) is 13.0. The Bertz CT molecular complexity index is 466. The minimum Gasteiger partial charge on any atom is -0.355 e. The van der Waals surface area contributed by atoms with Crippen molar-refractivity contribution in [2.24, 2.45) is 11.7 Å². The summed E-state index contributed by atoms with van der Waals surface area (Å²) < 4.78 is 0. The van der Waals surface area contributed by atoms with E-state index < -0.39 is 4.92 Å². The second kappa shape index (κ2) is 5.07. The largest absolute Gasteiger partial charge is 0.355 e. The first-order valence-electron chi connectivity index (χ1n) is 5.79. The molecular formula is C11H15ClN4O2. The van der Waals surface area contributed by atoms with Crippen molar-refractivity contribution in [3.8, 4) is 0 Å². The molecule has 0 radical (unpaired) electrons. The maximum absolute atomic E-state index is 10.6. The van der Waals surface area contributed by atoms with E-state index in [2.05, 4.69) is 4.98 Å². The number of nitrogens with zero attached hydrogens (tertiary/aromatic N) is 3. The molecule has 0 saturated carbocycles. The summed E-state index contributed by atoms with van der Waals surface area (Å²) in [7, 11) is 0. The molecule has 98 valence electrons. The molecule has 0 aromatic carbocycles. The van der Waals surface area contributed by atoms with Crippen LogP contribution in [-0.2, 0) is 0 Å². The Morgan fingerprint density at radius 1 is 1.72 bits per heavy atom. The molecule has 1 aromatic heterocycles. The Balaban J connectivity index is 2.18. The lowest BCUT2D eigenvalue weighted by atomic mass is 10.0. The van der Waals surface area contributed by atoms with Gasteiger partial charge in [-0.3, -0.25) is 10.1 Å². The van der Waals surface area contributed by atoms with Gasteiger partial charge in [0.25, 0.3) is 5.69 Å². The lowest BCUT2D eigenvalue weighted by Crippen LogP contribution is -2.30. The Kier molecular flexibility index (Phi) is 3.68. The Hall–Kier alpha value is -1.40. The SMILES string of the molecule is CC(N)C1CCN(c2ncc([N+](=O)[O-])cc2Cl)C1. The van der Waals surface area contributed by atoms with Gasteiger partial charge in [-0.1, -0.05) is 11.6 Å². The molecule has 1 fully saturated rings. The predicted octanol–water partition coefficient (Wildman–Crippen LogP) is 1.82. The average molecular weight is 271 g/mol. The minimum absolute atomic E-state index is 0.0910. The van der Waals surface area contributed by atoms with Gasteiger partial charge in [0.15, 0.2) is 0 Å². The molecule has 2 rings (SSSR count). The highest BCUT2D eigenvalue weighted by Gasteiger charge is 2.27. The summed E-state index contributed by atoms with van der Waals surface area (Å²) in [5, 5.41) is 10.9. The van der Waals surface area contributed by atoms with E-state index >= 15 is 0 Å². The van der Waals surface area contributed by atoms with Gasteiger partial charge in [0.1, 0.15) is 12.0 Å². The van der Waals surface area contributed by atoms with Gasteiger partial charge < -0.3 is 10.6 Å². The van der Waals surface area contributed by atoms with Gasteiger partial charge in [-0.2, -0.15) is 0 Å². The molecule has 1 aromatic rings. The van der Waals surface area contributed by atoms with Crippen LogP contribution in [0.4, 0.5) is 11.5 Å². The molecular weight excluding hydrogens is 256 g/mol. The van der Waals surface area contributed by atoms with Crippen LogP contribution in [0.15, 0.2) is 12.3 Å². The van der Waals surface area contributed by atoms with Crippen molar-refractivity contribution < 1.29 is 4.92 Å². The summed E-state index contributed by atoms with van der Waals surface area (Å²) in [4.78, 5) is 16.2. The lowest BCUT2D eigenvalue weighted by molar-refractivity contribution is -0.385. The van der Waals surface area contributed by atoms with Gasteiger partial charge in [-0.15, -0.1) is 0 Å². The molecule has 2 unspecified atom stereocenters. The molecule has 1 aliphatic heterocycles. The summed E-state index contributed by atoms with van der Waals surface area (Å²) in [6.07, 6.45) is 2.23. The van der Waals surface area contributed by atoms with Crippen molar-refractivity contribution in [1.29, 1.82) is 0 Å². The van der Waals surface area contributed by atoms with Crippen LogP contribution in [0.3, 0.4) is 0 Å². The second-order valence-corrected chi connectivity index (χ2v) is 5.02. The molecule has 2 atom stereocenters. The van der Waals surface area contributed by atoms with Crippen molar-refractivity contribution in [3.05, 3.63) is 27.4 Å². The summed E-state index contributed by atoms with van der Waals surface area (Å²) in [6.45, 7) is 3.61. The average Bonchev–Trinajstić information content (AvgIpc) is 2.78. The summed E-state index contributed by atoms with van der Waals surface area (Å²) in [5.74, 6) is 1.02. The molecule has 1 aliphatic rings. The molecule has 6 nitrogen and oxygen atoms in total. The topological polar surface area (TPSA) is 85.3 Å². The molecule has 2 heterocycles. The second-order valence-electron chi connectivity index (χ2n) is 4.61. The number of rotatable bonds is 3. The zero-order valence-corrected chi connectivity index (χ0v) is 10.8. The number of aromatic nitrogens is 1. The van der Waals surface area contributed by atoms with Crippen LogP contribution in [0.25, 0.3) is 0 Å². The molecule has 2 N–H and O–H groups in total. The molecule has 0 amide bonds. The number of hydrogen-bond acceptors (Lipinski definition) is 5. The summed E-state index contributed by atoms with van der Waals surface area (Å²) in [6, 6.07) is 1.47. The number of nitrogens with two attached hydrogens (primary N) is 1. The number of halogens is 1. The highest BCUT2D eigenvalue weighted by atomic mass is 35.5. The van der Waals surface area contributed by atoms with Gasteiger partial charge in [0, 0.05) is 25.2 Å². The quantitative estimate of drug-likeness (QED) is 0.669. The van der Waals surface area contributed by atoms with E-state index in [0.29, 0.717) is 16.8 Å². The number of hydrogen-bond donors (Lipinski definition) is 1. The van der Waals surface area contributed by atoms with E-state index in [9.17, 15) is 10.1 Å². The number of pyridine rings is 1. The standard InChI is InChI=1S/C11H15ClN4O2/c1-7(13)8-2-3-15(6-8)11-10(12)4-9(5-14-11)16(17)18/h4-5,7-8H,2-3,6,13H2,1H3. The van der Waals surface area contributed by atoms with E-state index in [0.717, 1.165) is 19.5 Å². The van der Waals surface area contributed by atoms with Crippen LogP contribution in [0.2, 0.25) is 5.02 Å². The molecule has 0 spiro atoms. The summed E-state index contributed by atoms with van der Waals surface area (Å²) in [5.41, 5.74) is 5.78. The van der Waals surface area contributed by atoms with Crippen LogP contribution in [-0.4, -0.2) is 29.0 Å². The maximum atomic E-state index is 10.6. The smallest absolute Gasteiger partial charge is 0.289 e. The van der Waals surface area contributed by atoms with Crippen molar-refractivity contribution in [2.75, 3.05) is 18.0 Å². The summed E-state index contributed by atoms with van der Waals surface area (Å²) >= 11 is 6.04. The molecule has 7 heteroatoms. The zero-order valence-electron chi connectivity index (χ0n) is 10.0. The van der Waals surface area contributed by atoms with Gasteiger partial charge in [-0.25, -0.2) is 4.98 Å². The van der Waals surface area contributed by atoms with Crippen molar-refractivity contribution >= 4 is 23.1 Å².